The minimum Gasteiger partial charge on any atom is -0.490 e. The first-order chi connectivity index (χ1) is 13.5. The van der Waals surface area contributed by atoms with E-state index in [1.165, 1.54) is 12.1 Å². The van der Waals surface area contributed by atoms with E-state index in [0.29, 0.717) is 47.0 Å². The summed E-state index contributed by atoms with van der Waals surface area (Å²) >= 11 is 0. The number of carboxylic acid groups (broad SMARTS) is 1. The molecule has 8 nitrogen and oxygen atoms in total. The average Bonchev–Trinajstić information content (AvgIpc) is 3.09. The molecular formula is C20H20N2O6. The van der Waals surface area contributed by atoms with Crippen molar-refractivity contribution < 1.29 is 28.6 Å². The van der Waals surface area contributed by atoms with Gasteiger partial charge in [0.1, 0.15) is 5.52 Å². The fourth-order valence-corrected chi connectivity index (χ4v) is 2.58. The molecule has 0 unspecified atom stereocenters. The number of anilines is 1. The number of hydrogen-bond donors (Lipinski definition) is 2. The Hall–Kier alpha value is -3.55. The van der Waals surface area contributed by atoms with Crippen LogP contribution in [0.4, 0.5) is 5.69 Å². The lowest BCUT2D eigenvalue weighted by Gasteiger charge is -2.12. The fraction of sp³-hybridized carbons (Fsp3) is 0.250. The Labute approximate surface area is 161 Å². The molecule has 1 amide bonds. The van der Waals surface area contributed by atoms with Crippen molar-refractivity contribution in [1.82, 2.24) is 4.98 Å². The van der Waals surface area contributed by atoms with Gasteiger partial charge in [0, 0.05) is 17.7 Å². The van der Waals surface area contributed by atoms with E-state index in [9.17, 15) is 9.59 Å². The number of rotatable bonds is 8. The van der Waals surface area contributed by atoms with Crippen LogP contribution in [0.25, 0.3) is 11.1 Å². The maximum absolute atomic E-state index is 12.6. The van der Waals surface area contributed by atoms with E-state index in [1.807, 2.05) is 6.92 Å². The predicted molar refractivity (Wildman–Crippen MR) is 102 cm³/mol. The molecule has 0 aliphatic rings. The first kappa shape index (κ1) is 19.2. The van der Waals surface area contributed by atoms with Gasteiger partial charge in [-0.05, 0) is 43.3 Å². The summed E-state index contributed by atoms with van der Waals surface area (Å²) in [5.74, 6) is -0.243. The normalized spacial score (nSPS) is 10.6. The van der Waals surface area contributed by atoms with Crippen molar-refractivity contribution in [2.75, 3.05) is 18.5 Å². The monoisotopic (exact) mass is 384 g/mol. The van der Waals surface area contributed by atoms with Crippen LogP contribution in [0.5, 0.6) is 11.5 Å². The standard InChI is InChI=1S/C20H20N2O6/c1-3-18-22-14-10-13(6-8-15(14)28-18)21-20(25)12-5-7-16(27-11-19(23)24)17(9-12)26-4-2/h5-10H,3-4,11H2,1-2H3,(H,21,25)(H,23,24). The van der Waals surface area contributed by atoms with Gasteiger partial charge in [0.05, 0.1) is 6.61 Å². The SMILES string of the molecule is CCOc1cc(C(=O)Nc2ccc3oc(CC)nc3c2)ccc1OCC(=O)O. The van der Waals surface area contributed by atoms with E-state index < -0.39 is 12.6 Å². The number of hydrogen-bond acceptors (Lipinski definition) is 6. The fourth-order valence-electron chi connectivity index (χ4n) is 2.58. The third kappa shape index (κ3) is 4.40. The lowest BCUT2D eigenvalue weighted by atomic mass is 10.1. The van der Waals surface area contributed by atoms with Crippen LogP contribution in [0.15, 0.2) is 40.8 Å². The Kier molecular flexibility index (Phi) is 5.78. The second kappa shape index (κ2) is 8.43. The van der Waals surface area contributed by atoms with Crippen molar-refractivity contribution in [1.29, 1.82) is 0 Å². The molecule has 0 saturated carbocycles. The highest BCUT2D eigenvalue weighted by Crippen LogP contribution is 2.29. The quantitative estimate of drug-likeness (QED) is 0.611. The van der Waals surface area contributed by atoms with Gasteiger partial charge in [-0.25, -0.2) is 9.78 Å². The number of oxazole rings is 1. The second-order valence-corrected chi connectivity index (χ2v) is 5.87. The zero-order chi connectivity index (χ0) is 20.1. The third-order valence-electron chi connectivity index (χ3n) is 3.85. The Morgan fingerprint density at radius 3 is 2.64 bits per heavy atom. The molecule has 2 aromatic carbocycles. The van der Waals surface area contributed by atoms with Gasteiger partial charge in [-0.15, -0.1) is 0 Å². The van der Waals surface area contributed by atoms with Crippen molar-refractivity contribution in [3.63, 3.8) is 0 Å². The molecule has 146 valence electrons. The summed E-state index contributed by atoms with van der Waals surface area (Å²) in [6.07, 6.45) is 0.687. The van der Waals surface area contributed by atoms with Gasteiger partial charge in [0.15, 0.2) is 29.6 Å². The first-order valence-corrected chi connectivity index (χ1v) is 8.82. The first-order valence-electron chi connectivity index (χ1n) is 8.82. The van der Waals surface area contributed by atoms with E-state index in [-0.39, 0.29) is 11.7 Å². The third-order valence-corrected chi connectivity index (χ3v) is 3.85. The molecule has 0 bridgehead atoms. The molecule has 3 rings (SSSR count). The minimum absolute atomic E-state index is 0.261. The zero-order valence-electron chi connectivity index (χ0n) is 15.5. The van der Waals surface area contributed by atoms with E-state index in [2.05, 4.69) is 10.3 Å². The number of aryl methyl sites for hydroxylation is 1. The van der Waals surface area contributed by atoms with Crippen LogP contribution in [0, 0.1) is 0 Å². The second-order valence-electron chi connectivity index (χ2n) is 5.87. The zero-order valence-corrected chi connectivity index (χ0v) is 15.5. The Balaban J connectivity index is 1.79. The number of carbonyl (C=O) groups excluding carboxylic acids is 1. The molecule has 1 heterocycles. The number of aliphatic carboxylic acids is 1. The molecule has 0 aliphatic heterocycles. The molecular weight excluding hydrogens is 364 g/mol. The van der Waals surface area contributed by atoms with Gasteiger partial charge in [0.2, 0.25) is 0 Å². The molecule has 0 spiro atoms. The van der Waals surface area contributed by atoms with Gasteiger partial charge < -0.3 is 24.3 Å². The highest BCUT2D eigenvalue weighted by Gasteiger charge is 2.14. The molecule has 0 saturated heterocycles. The van der Waals surface area contributed by atoms with Crippen molar-refractivity contribution >= 4 is 28.7 Å². The predicted octanol–water partition coefficient (Wildman–Crippen LogP) is 3.50. The van der Waals surface area contributed by atoms with Crippen LogP contribution in [0.3, 0.4) is 0 Å². The van der Waals surface area contributed by atoms with Crippen LogP contribution in [-0.2, 0) is 11.2 Å². The summed E-state index contributed by atoms with van der Waals surface area (Å²) in [7, 11) is 0. The van der Waals surface area contributed by atoms with Gasteiger partial charge in [0.25, 0.3) is 5.91 Å². The number of nitrogens with one attached hydrogen (secondary N) is 1. The largest absolute Gasteiger partial charge is 0.490 e. The van der Waals surface area contributed by atoms with E-state index in [0.717, 1.165) is 0 Å². The molecule has 2 N–H and O–H groups in total. The van der Waals surface area contributed by atoms with Crippen molar-refractivity contribution in [3.05, 3.63) is 47.9 Å². The number of ether oxygens (including phenoxy) is 2. The van der Waals surface area contributed by atoms with E-state index in [4.69, 9.17) is 19.0 Å². The number of aromatic nitrogens is 1. The molecule has 3 aromatic rings. The smallest absolute Gasteiger partial charge is 0.341 e. The van der Waals surface area contributed by atoms with E-state index >= 15 is 0 Å². The maximum atomic E-state index is 12.6. The summed E-state index contributed by atoms with van der Waals surface area (Å²) in [4.78, 5) is 27.6. The highest BCUT2D eigenvalue weighted by atomic mass is 16.5. The molecule has 28 heavy (non-hydrogen) atoms. The van der Waals surface area contributed by atoms with Crippen molar-refractivity contribution in [2.24, 2.45) is 0 Å². The summed E-state index contributed by atoms with van der Waals surface area (Å²) in [6, 6.07) is 9.80. The molecule has 1 aromatic heterocycles. The van der Waals surface area contributed by atoms with Gasteiger partial charge in [-0.1, -0.05) is 6.92 Å². The lowest BCUT2D eigenvalue weighted by Crippen LogP contribution is -2.13. The molecule has 0 radical (unpaired) electrons. The van der Waals surface area contributed by atoms with Gasteiger partial charge in [-0.3, -0.25) is 4.79 Å². The molecule has 0 atom stereocenters. The lowest BCUT2D eigenvalue weighted by molar-refractivity contribution is -0.139. The molecule has 8 heteroatoms. The number of carbonyl (C=O) groups is 2. The van der Waals surface area contributed by atoms with Gasteiger partial charge >= 0.3 is 5.97 Å². The topological polar surface area (TPSA) is 111 Å². The number of benzene rings is 2. The minimum atomic E-state index is -1.10. The molecule has 0 fully saturated rings. The average molecular weight is 384 g/mol. The number of nitrogens with zero attached hydrogens (tertiary/aromatic N) is 1. The van der Waals surface area contributed by atoms with Crippen LogP contribution < -0.4 is 14.8 Å². The highest BCUT2D eigenvalue weighted by molar-refractivity contribution is 6.05. The number of amides is 1. The van der Waals surface area contributed by atoms with Crippen LogP contribution in [-0.4, -0.2) is 35.2 Å². The van der Waals surface area contributed by atoms with E-state index in [1.54, 1.807) is 31.2 Å². The van der Waals surface area contributed by atoms with Crippen LogP contribution in [0.1, 0.15) is 30.1 Å². The summed E-state index contributed by atoms with van der Waals surface area (Å²) in [5.41, 5.74) is 2.26. The Morgan fingerprint density at radius 1 is 1.11 bits per heavy atom. The molecule has 0 aliphatic carbocycles. The number of fused-ring (bicyclic) bond motifs is 1. The van der Waals surface area contributed by atoms with Gasteiger partial charge in [-0.2, -0.15) is 0 Å². The van der Waals surface area contributed by atoms with Crippen LogP contribution in [0.2, 0.25) is 0 Å². The van der Waals surface area contributed by atoms with Crippen molar-refractivity contribution in [3.8, 4) is 11.5 Å². The maximum Gasteiger partial charge on any atom is 0.341 e. The summed E-state index contributed by atoms with van der Waals surface area (Å²) in [6.45, 7) is 3.58. The summed E-state index contributed by atoms with van der Waals surface area (Å²) in [5, 5.41) is 11.6. The Morgan fingerprint density at radius 2 is 1.93 bits per heavy atom. The van der Waals surface area contributed by atoms with Crippen LogP contribution >= 0.6 is 0 Å². The van der Waals surface area contributed by atoms with Crippen molar-refractivity contribution in [2.45, 2.75) is 20.3 Å². The number of carboxylic acids is 1. The Bertz CT molecular complexity index is 1010. The summed E-state index contributed by atoms with van der Waals surface area (Å²) < 4.78 is 16.2.